The van der Waals surface area contributed by atoms with Crippen molar-refractivity contribution in [2.75, 3.05) is 0 Å². The lowest BCUT2D eigenvalue weighted by molar-refractivity contribution is -0.0527. The molecule has 0 spiro atoms. The largest absolute Gasteiger partial charge is 0.0649 e. The van der Waals surface area contributed by atoms with E-state index in [-0.39, 0.29) is 0 Å². The van der Waals surface area contributed by atoms with E-state index in [2.05, 4.69) is 270 Å². The smallest absolute Gasteiger partial charge is 0.0247 e. The molecular formula is C78H166. The third-order valence-corrected chi connectivity index (χ3v) is 28.9. The van der Waals surface area contributed by atoms with Crippen molar-refractivity contribution in [2.24, 2.45) is 88.1 Å². The zero-order valence-corrected chi connectivity index (χ0v) is 63.5. The van der Waals surface area contributed by atoms with Crippen molar-refractivity contribution in [1.29, 1.82) is 0 Å². The summed E-state index contributed by atoms with van der Waals surface area (Å²) in [7, 11) is 0. The molecule has 0 aromatic heterocycles. The van der Waals surface area contributed by atoms with Crippen molar-refractivity contribution >= 4 is 0 Å². The maximum atomic E-state index is 2.50. The summed E-state index contributed by atoms with van der Waals surface area (Å²) in [5, 5.41) is 0. The van der Waals surface area contributed by atoms with Crippen LogP contribution in [-0.4, -0.2) is 0 Å². The van der Waals surface area contributed by atoms with Crippen molar-refractivity contribution in [2.45, 2.75) is 418 Å². The minimum absolute atomic E-state index is 0.410. The molecule has 0 fully saturated rings. The molecule has 0 aromatic rings. The van der Waals surface area contributed by atoms with Crippen LogP contribution in [0.2, 0.25) is 0 Å². The molecule has 78 heavy (non-hydrogen) atoms. The molecule has 0 aromatic carbocycles. The predicted octanol–water partition coefficient (Wildman–Crippen LogP) is 29.4. The maximum Gasteiger partial charge on any atom is -0.0247 e. The fourth-order valence-corrected chi connectivity index (χ4v) is 15.1. The van der Waals surface area contributed by atoms with E-state index in [0.29, 0.717) is 70.4 Å². The van der Waals surface area contributed by atoms with E-state index in [0.717, 1.165) is 17.8 Å². The average Bonchev–Trinajstić information content (AvgIpc) is 3.44. The topological polar surface area (TPSA) is 0 Å². The zero-order valence-electron chi connectivity index (χ0n) is 63.5. The molecule has 0 nitrogen and oxygen atoms in total. The van der Waals surface area contributed by atoms with Crippen LogP contribution < -0.4 is 0 Å². The van der Waals surface area contributed by atoms with Gasteiger partial charge in [-0.2, -0.15) is 0 Å². The molecule has 0 bridgehead atoms. The Kier molecular flexibility index (Phi) is 40.9. The Hall–Kier alpha value is 0. The van der Waals surface area contributed by atoms with Crippen LogP contribution >= 0.6 is 0 Å². The van der Waals surface area contributed by atoms with E-state index in [1.165, 1.54) is 148 Å². The Bertz CT molecular complexity index is 1360. The standard InChI is InChI=1S/C17H36.2C16H34.C15H32.C14H30/c1-9-16(7,10-2)14-13-15(5,6)17(8,11-3)12-4;1-9-15(7,10-2)13-14(5,6)16(8,11-3)12-4;1-9-15(7,10-2)14(13(5)6)16(8,11-3)12-4;1-9-14(7,10-2)13(5,6)15(8,11-3)12-4;1-8-13(6,9-2)12(5)14(7,10-3)11-4/h9-14H2,1-8H3;9-13H2,1-8H3;13-14H,9-12H2,1-8H3;9-12H2,1-8H3;12H,8-11H2,1-7H3. The van der Waals surface area contributed by atoms with E-state index in [1.54, 1.807) is 0 Å². The summed E-state index contributed by atoms with van der Waals surface area (Å²) in [5.74, 6) is 2.44. The Labute approximate surface area is 503 Å². The molecular weight excluding hydrogens is 937 g/mol. The highest BCUT2D eigenvalue weighted by atomic mass is 14.5. The van der Waals surface area contributed by atoms with Gasteiger partial charge in [0.15, 0.2) is 0 Å². The van der Waals surface area contributed by atoms with E-state index in [1.807, 2.05) is 0 Å². The van der Waals surface area contributed by atoms with Crippen LogP contribution in [0.5, 0.6) is 0 Å². The van der Waals surface area contributed by atoms with Gasteiger partial charge in [0.2, 0.25) is 0 Å². The highest BCUT2D eigenvalue weighted by Gasteiger charge is 2.49. The molecule has 0 radical (unpaired) electrons. The molecule has 0 unspecified atom stereocenters. The van der Waals surface area contributed by atoms with Gasteiger partial charge in [0.25, 0.3) is 0 Å². The lowest BCUT2D eigenvalue weighted by Crippen LogP contribution is -2.46. The lowest BCUT2D eigenvalue weighted by Gasteiger charge is -2.55. The lowest BCUT2D eigenvalue weighted by atomic mass is 9.50. The molecule has 0 N–H and O–H groups in total. The van der Waals surface area contributed by atoms with Crippen LogP contribution in [-0.2, 0) is 0 Å². The number of hydrogen-bond acceptors (Lipinski definition) is 0. The first kappa shape index (κ1) is 86.8. The van der Waals surface area contributed by atoms with Crippen LogP contribution in [0, 0.1) is 88.1 Å². The molecule has 0 rings (SSSR count). The van der Waals surface area contributed by atoms with Gasteiger partial charge >= 0.3 is 0 Å². The third-order valence-electron chi connectivity index (χ3n) is 28.9. The van der Waals surface area contributed by atoms with Crippen LogP contribution in [0.25, 0.3) is 0 Å². The predicted molar refractivity (Wildman–Crippen MR) is 370 cm³/mol. The molecule has 478 valence electrons. The fraction of sp³-hybridized carbons (Fsp3) is 1.00. The van der Waals surface area contributed by atoms with Crippen molar-refractivity contribution in [3.05, 3.63) is 0 Å². The van der Waals surface area contributed by atoms with E-state index < -0.39 is 0 Å². The van der Waals surface area contributed by atoms with Crippen LogP contribution in [0.1, 0.15) is 418 Å². The third kappa shape index (κ3) is 22.8. The average molecular weight is 1100 g/mol. The van der Waals surface area contributed by atoms with Gasteiger partial charge in [-0.25, -0.2) is 0 Å². The van der Waals surface area contributed by atoms with Crippen LogP contribution in [0.3, 0.4) is 0 Å². The SMILES string of the molecule is CCC(C)(CC)C(C(C)C)C(C)(CC)CC.CCC(C)(CC)C(C)(C)C(C)(CC)CC.CCC(C)(CC)C(C)C(C)(CC)CC.CCC(C)(CC)CC(C)(C)C(C)(CC)CC.CCC(C)(CC)CCC(C)(C)C(C)(CC)CC. The summed E-state index contributed by atoms with van der Waals surface area (Å²) in [6.07, 6.45) is 30.1. The summed E-state index contributed by atoms with van der Waals surface area (Å²) in [6.45, 7) is 93.8. The van der Waals surface area contributed by atoms with Crippen molar-refractivity contribution < 1.29 is 0 Å². The normalized spacial score (nSPS) is 14.1. The zero-order chi connectivity index (χ0) is 63.5. The Morgan fingerprint density at radius 2 is 0.462 bits per heavy atom. The first-order valence-electron chi connectivity index (χ1n) is 35.3. The second kappa shape index (κ2) is 36.8. The molecule has 0 heterocycles. The monoisotopic (exact) mass is 1100 g/mol. The minimum Gasteiger partial charge on any atom is -0.0649 e. The van der Waals surface area contributed by atoms with E-state index >= 15 is 0 Å². The summed E-state index contributed by atoms with van der Waals surface area (Å²) < 4.78 is 0. The highest BCUT2D eigenvalue weighted by Crippen LogP contribution is 2.58. The molecule has 0 aliphatic rings. The summed E-state index contributed by atoms with van der Waals surface area (Å²) in [6, 6.07) is 0. The number of hydrogen-bond donors (Lipinski definition) is 0. The van der Waals surface area contributed by atoms with Gasteiger partial charge in [-0.3, -0.25) is 0 Å². The van der Waals surface area contributed by atoms with Gasteiger partial charge in [0.1, 0.15) is 0 Å². The minimum atomic E-state index is 0.410. The van der Waals surface area contributed by atoms with E-state index in [4.69, 9.17) is 0 Å². The molecule has 0 aliphatic heterocycles. The Balaban J connectivity index is -0.000000285. The molecule has 0 saturated carbocycles. The number of rotatable bonds is 34. The van der Waals surface area contributed by atoms with Crippen molar-refractivity contribution in [3.8, 4) is 0 Å². The molecule has 0 heteroatoms. The fourth-order valence-electron chi connectivity index (χ4n) is 15.1. The second-order valence-electron chi connectivity index (χ2n) is 32.1. The summed E-state index contributed by atoms with van der Waals surface area (Å²) in [4.78, 5) is 0. The van der Waals surface area contributed by atoms with Crippen molar-refractivity contribution in [1.82, 2.24) is 0 Å². The first-order valence-corrected chi connectivity index (χ1v) is 35.3. The quantitative estimate of drug-likeness (QED) is 0.0602. The highest BCUT2D eigenvalue weighted by molar-refractivity contribution is 4.99. The molecule has 0 aliphatic carbocycles. The molecule has 0 amide bonds. The summed E-state index contributed by atoms with van der Waals surface area (Å²) in [5.41, 5.74) is 6.38. The van der Waals surface area contributed by atoms with Gasteiger partial charge in [-0.05, 0) is 107 Å². The second-order valence-corrected chi connectivity index (χ2v) is 32.1. The molecule has 0 atom stereocenters. The van der Waals surface area contributed by atoms with Crippen LogP contribution in [0.4, 0.5) is 0 Å². The van der Waals surface area contributed by atoms with Gasteiger partial charge in [0.05, 0.1) is 0 Å². The summed E-state index contributed by atoms with van der Waals surface area (Å²) >= 11 is 0. The van der Waals surface area contributed by atoms with Gasteiger partial charge in [-0.1, -0.05) is 398 Å². The molecule has 0 saturated heterocycles. The maximum absolute atomic E-state index is 2.50. The first-order chi connectivity index (χ1) is 35.3. The van der Waals surface area contributed by atoms with E-state index in [9.17, 15) is 0 Å². The van der Waals surface area contributed by atoms with Crippen LogP contribution in [0.15, 0.2) is 0 Å². The van der Waals surface area contributed by atoms with Gasteiger partial charge in [-0.15, -0.1) is 0 Å². The van der Waals surface area contributed by atoms with Crippen molar-refractivity contribution in [3.63, 3.8) is 0 Å². The van der Waals surface area contributed by atoms with Gasteiger partial charge in [0, 0.05) is 0 Å². The Morgan fingerprint density at radius 3 is 0.654 bits per heavy atom. The Morgan fingerprint density at radius 1 is 0.231 bits per heavy atom. The van der Waals surface area contributed by atoms with Gasteiger partial charge < -0.3 is 0 Å².